The molecule has 0 bridgehead atoms. The van der Waals surface area contributed by atoms with Crippen molar-refractivity contribution in [2.24, 2.45) is 0 Å². The van der Waals surface area contributed by atoms with Crippen molar-refractivity contribution in [3.05, 3.63) is 29.6 Å². The molecule has 0 radical (unpaired) electrons. The Balaban J connectivity index is 2.61. The average Bonchev–Trinajstić information content (AvgIpc) is 2.37. The Hall–Kier alpha value is -1.13. The summed E-state index contributed by atoms with van der Waals surface area (Å²) in [7, 11) is 3.65. The molecule has 0 fully saturated rings. The molecule has 0 amide bonds. The maximum absolute atomic E-state index is 13.9. The summed E-state index contributed by atoms with van der Waals surface area (Å²) in [5.74, 6) is 0.369. The molecule has 1 aromatic rings. The minimum Gasteiger partial charge on any atom is -0.496 e. The number of nitrogens with one attached hydrogen (secondary N) is 1. The van der Waals surface area contributed by atoms with Crippen molar-refractivity contribution in [1.82, 2.24) is 10.2 Å². The van der Waals surface area contributed by atoms with Gasteiger partial charge in [0.25, 0.3) is 0 Å². The minimum atomic E-state index is -0.225. The first kappa shape index (κ1) is 15.9. The molecule has 0 aliphatic heterocycles. The molecular weight excluding hydrogens is 243 g/mol. The average molecular weight is 268 g/mol. The van der Waals surface area contributed by atoms with Crippen LogP contribution in [-0.2, 0) is 0 Å². The fourth-order valence-corrected chi connectivity index (χ4v) is 1.93. The SMILES string of the molecule is COc1cccc(F)c1C(C)NCCN(C)C(C)C. The first-order valence-corrected chi connectivity index (χ1v) is 6.73. The molecule has 0 aromatic heterocycles. The van der Waals surface area contributed by atoms with Gasteiger partial charge in [-0.15, -0.1) is 0 Å². The third kappa shape index (κ3) is 4.48. The van der Waals surface area contributed by atoms with E-state index in [1.807, 2.05) is 6.92 Å². The molecule has 1 rings (SSSR count). The van der Waals surface area contributed by atoms with E-state index in [1.165, 1.54) is 6.07 Å². The number of likely N-dealkylation sites (N-methyl/N-ethyl adjacent to an activating group) is 1. The molecule has 3 nitrogen and oxygen atoms in total. The molecule has 0 heterocycles. The second-order valence-corrected chi connectivity index (χ2v) is 5.11. The monoisotopic (exact) mass is 268 g/mol. The first-order chi connectivity index (χ1) is 8.97. The lowest BCUT2D eigenvalue weighted by atomic mass is 10.1. The van der Waals surface area contributed by atoms with Gasteiger partial charge < -0.3 is 15.0 Å². The first-order valence-electron chi connectivity index (χ1n) is 6.73. The van der Waals surface area contributed by atoms with Gasteiger partial charge in [0, 0.05) is 30.7 Å². The third-order valence-electron chi connectivity index (χ3n) is 3.46. The highest BCUT2D eigenvalue weighted by molar-refractivity contribution is 5.36. The number of nitrogens with zero attached hydrogens (tertiary/aromatic N) is 1. The summed E-state index contributed by atoms with van der Waals surface area (Å²) in [4.78, 5) is 2.25. The normalized spacial score (nSPS) is 13.1. The molecule has 0 saturated heterocycles. The van der Waals surface area contributed by atoms with Crippen LogP contribution in [0, 0.1) is 5.82 Å². The van der Waals surface area contributed by atoms with Gasteiger partial charge in [0.15, 0.2) is 0 Å². The zero-order valence-electron chi connectivity index (χ0n) is 12.5. The van der Waals surface area contributed by atoms with Crippen molar-refractivity contribution in [1.29, 1.82) is 0 Å². The van der Waals surface area contributed by atoms with E-state index >= 15 is 0 Å². The fourth-order valence-electron chi connectivity index (χ4n) is 1.93. The van der Waals surface area contributed by atoms with E-state index in [4.69, 9.17) is 4.74 Å². The van der Waals surface area contributed by atoms with Gasteiger partial charge in [0.1, 0.15) is 11.6 Å². The smallest absolute Gasteiger partial charge is 0.131 e. The summed E-state index contributed by atoms with van der Waals surface area (Å²) >= 11 is 0. The van der Waals surface area contributed by atoms with Gasteiger partial charge in [-0.2, -0.15) is 0 Å². The predicted octanol–water partition coefficient (Wildman–Crippen LogP) is 2.83. The van der Waals surface area contributed by atoms with Crippen molar-refractivity contribution < 1.29 is 9.13 Å². The number of halogens is 1. The minimum absolute atomic E-state index is 0.0725. The molecule has 1 aromatic carbocycles. The lowest BCUT2D eigenvalue weighted by Crippen LogP contribution is -2.34. The lowest BCUT2D eigenvalue weighted by Gasteiger charge is -2.23. The molecule has 0 aliphatic rings. The summed E-state index contributed by atoms with van der Waals surface area (Å²) in [5.41, 5.74) is 0.595. The van der Waals surface area contributed by atoms with Gasteiger partial charge in [0.05, 0.1) is 7.11 Å². The largest absolute Gasteiger partial charge is 0.496 e. The van der Waals surface area contributed by atoms with Crippen molar-refractivity contribution in [2.45, 2.75) is 32.9 Å². The maximum atomic E-state index is 13.9. The van der Waals surface area contributed by atoms with Crippen molar-refractivity contribution >= 4 is 0 Å². The number of rotatable bonds is 7. The molecule has 1 N–H and O–H groups in total. The van der Waals surface area contributed by atoms with E-state index in [0.29, 0.717) is 17.4 Å². The number of benzene rings is 1. The van der Waals surface area contributed by atoms with Crippen LogP contribution in [0.2, 0.25) is 0 Å². The zero-order chi connectivity index (χ0) is 14.4. The van der Waals surface area contributed by atoms with Gasteiger partial charge in [-0.3, -0.25) is 0 Å². The van der Waals surface area contributed by atoms with Crippen LogP contribution in [0.3, 0.4) is 0 Å². The Morgan fingerprint density at radius 3 is 2.58 bits per heavy atom. The lowest BCUT2D eigenvalue weighted by molar-refractivity contribution is 0.269. The van der Waals surface area contributed by atoms with E-state index in [0.717, 1.165) is 13.1 Å². The van der Waals surface area contributed by atoms with Crippen molar-refractivity contribution in [2.75, 3.05) is 27.2 Å². The molecule has 4 heteroatoms. The molecule has 1 atom stereocenters. The summed E-state index contributed by atoms with van der Waals surface area (Å²) in [5, 5.41) is 3.34. The Morgan fingerprint density at radius 1 is 1.32 bits per heavy atom. The molecule has 1 unspecified atom stereocenters. The van der Waals surface area contributed by atoms with Crippen LogP contribution in [0.15, 0.2) is 18.2 Å². The molecule has 0 aliphatic carbocycles. The second kappa shape index (κ2) is 7.46. The highest BCUT2D eigenvalue weighted by atomic mass is 19.1. The second-order valence-electron chi connectivity index (χ2n) is 5.11. The Bertz CT molecular complexity index is 396. The van der Waals surface area contributed by atoms with E-state index in [9.17, 15) is 4.39 Å². The van der Waals surface area contributed by atoms with E-state index in [1.54, 1.807) is 19.2 Å². The number of ether oxygens (including phenoxy) is 1. The van der Waals surface area contributed by atoms with Gasteiger partial charge in [-0.25, -0.2) is 4.39 Å². The van der Waals surface area contributed by atoms with Gasteiger partial charge >= 0.3 is 0 Å². The predicted molar refractivity (Wildman–Crippen MR) is 77.1 cm³/mol. The fraction of sp³-hybridized carbons (Fsp3) is 0.600. The third-order valence-corrected chi connectivity index (χ3v) is 3.46. The standard InChI is InChI=1S/C15H25FN2O/c1-11(2)18(4)10-9-17-12(3)15-13(16)7-6-8-14(15)19-5/h6-8,11-12,17H,9-10H2,1-5H3. The van der Waals surface area contributed by atoms with Crippen LogP contribution >= 0.6 is 0 Å². The van der Waals surface area contributed by atoms with Crippen molar-refractivity contribution in [3.63, 3.8) is 0 Å². The summed E-state index contributed by atoms with van der Waals surface area (Å²) in [6, 6.07) is 5.36. The Morgan fingerprint density at radius 2 is 2.00 bits per heavy atom. The number of methoxy groups -OCH3 is 1. The molecule has 108 valence electrons. The van der Waals surface area contributed by atoms with E-state index < -0.39 is 0 Å². The van der Waals surface area contributed by atoms with Crippen LogP contribution in [0.5, 0.6) is 5.75 Å². The van der Waals surface area contributed by atoms with Crippen molar-refractivity contribution in [3.8, 4) is 5.75 Å². The molecule has 0 spiro atoms. The summed E-state index contributed by atoms with van der Waals surface area (Å²) < 4.78 is 19.1. The quantitative estimate of drug-likeness (QED) is 0.823. The van der Waals surface area contributed by atoms with Gasteiger partial charge in [-0.05, 0) is 40.0 Å². The molecular formula is C15H25FN2O. The Labute approximate surface area is 115 Å². The summed E-state index contributed by atoms with van der Waals surface area (Å²) in [6.45, 7) is 8.01. The zero-order valence-corrected chi connectivity index (χ0v) is 12.5. The van der Waals surface area contributed by atoms with Crippen LogP contribution in [-0.4, -0.2) is 38.2 Å². The van der Waals surface area contributed by atoms with E-state index in [2.05, 4.69) is 31.1 Å². The van der Waals surface area contributed by atoms with Gasteiger partial charge in [0.2, 0.25) is 0 Å². The molecule has 0 saturated carbocycles. The summed E-state index contributed by atoms with van der Waals surface area (Å²) in [6.07, 6.45) is 0. The van der Waals surface area contributed by atoms with Crippen LogP contribution in [0.4, 0.5) is 4.39 Å². The van der Waals surface area contributed by atoms with E-state index in [-0.39, 0.29) is 11.9 Å². The number of hydrogen-bond donors (Lipinski definition) is 1. The highest BCUT2D eigenvalue weighted by Crippen LogP contribution is 2.27. The topological polar surface area (TPSA) is 24.5 Å². The Kier molecular flexibility index (Phi) is 6.25. The van der Waals surface area contributed by atoms with Crippen LogP contribution in [0.1, 0.15) is 32.4 Å². The van der Waals surface area contributed by atoms with Crippen LogP contribution < -0.4 is 10.1 Å². The number of hydrogen-bond acceptors (Lipinski definition) is 3. The highest BCUT2D eigenvalue weighted by Gasteiger charge is 2.16. The maximum Gasteiger partial charge on any atom is 0.131 e. The molecule has 19 heavy (non-hydrogen) atoms. The van der Waals surface area contributed by atoms with Crippen LogP contribution in [0.25, 0.3) is 0 Å². The van der Waals surface area contributed by atoms with Gasteiger partial charge in [-0.1, -0.05) is 6.07 Å².